The molecule has 9 nitrogen and oxygen atoms in total. The van der Waals surface area contributed by atoms with Gasteiger partial charge in [0.1, 0.15) is 6.23 Å². The van der Waals surface area contributed by atoms with Gasteiger partial charge in [0.05, 0.1) is 18.8 Å². The highest BCUT2D eigenvalue weighted by atomic mass is 16.5. The third-order valence-corrected chi connectivity index (χ3v) is 3.04. The quantitative estimate of drug-likeness (QED) is 0.445. The number of hydrogen-bond acceptors (Lipinski definition) is 5. The first-order valence-electron chi connectivity index (χ1n) is 5.69. The monoisotopic (exact) mass is 267 g/mol. The molecule has 0 spiro atoms. The summed E-state index contributed by atoms with van der Waals surface area (Å²) in [5.74, 6) is 0. The molecule has 1 aromatic heterocycles. The van der Waals surface area contributed by atoms with Crippen molar-refractivity contribution in [3.8, 4) is 0 Å². The highest BCUT2D eigenvalue weighted by Crippen LogP contribution is 2.30. The SMILES string of the molecule is Cc1cc(=O)[nH]c(=O)n1[C@H]1C[C@H](N=[N+]=[N-])[C@@H](CO)O1. The molecule has 0 amide bonds. The summed E-state index contributed by atoms with van der Waals surface area (Å²) in [4.78, 5) is 27.8. The third kappa shape index (κ3) is 2.53. The van der Waals surface area contributed by atoms with Crippen molar-refractivity contribution in [2.24, 2.45) is 5.11 Å². The van der Waals surface area contributed by atoms with Gasteiger partial charge in [0.25, 0.3) is 5.56 Å². The maximum Gasteiger partial charge on any atom is 0.330 e. The van der Waals surface area contributed by atoms with E-state index in [-0.39, 0.29) is 13.0 Å². The topological polar surface area (TPSA) is 133 Å². The van der Waals surface area contributed by atoms with E-state index < -0.39 is 29.6 Å². The Balaban J connectivity index is 2.37. The Labute approximate surface area is 107 Å². The number of hydrogen-bond donors (Lipinski definition) is 2. The number of H-pyrrole nitrogens is 1. The van der Waals surface area contributed by atoms with Crippen LogP contribution in [0.2, 0.25) is 0 Å². The van der Waals surface area contributed by atoms with Crippen molar-refractivity contribution in [3.63, 3.8) is 0 Å². The molecule has 0 radical (unpaired) electrons. The maximum absolute atomic E-state index is 11.8. The minimum Gasteiger partial charge on any atom is -0.394 e. The Hall–Kier alpha value is -2.09. The standard InChI is InChI=1S/C10H13N5O4/c1-5-2-8(17)12-10(18)15(5)9-3-6(13-14-11)7(4-16)19-9/h2,6-7,9,16H,3-4H2,1H3,(H,12,17,18)/t6-,7+,9+/m0/s1. The minimum absolute atomic E-state index is 0.266. The lowest BCUT2D eigenvalue weighted by Gasteiger charge is -2.16. The van der Waals surface area contributed by atoms with Crippen molar-refractivity contribution in [1.82, 2.24) is 9.55 Å². The number of aliphatic hydroxyl groups is 1. The van der Waals surface area contributed by atoms with Crippen LogP contribution in [0.5, 0.6) is 0 Å². The Morgan fingerprint density at radius 3 is 3.00 bits per heavy atom. The molecular formula is C10H13N5O4. The van der Waals surface area contributed by atoms with E-state index >= 15 is 0 Å². The predicted molar refractivity (Wildman–Crippen MR) is 64.6 cm³/mol. The smallest absolute Gasteiger partial charge is 0.330 e. The molecule has 1 fully saturated rings. The lowest BCUT2D eigenvalue weighted by atomic mass is 10.1. The van der Waals surface area contributed by atoms with Crippen LogP contribution >= 0.6 is 0 Å². The van der Waals surface area contributed by atoms with E-state index in [9.17, 15) is 9.59 Å². The molecule has 0 unspecified atom stereocenters. The first-order valence-corrected chi connectivity index (χ1v) is 5.69. The van der Waals surface area contributed by atoms with Crippen molar-refractivity contribution < 1.29 is 9.84 Å². The zero-order chi connectivity index (χ0) is 14.0. The molecule has 3 atom stereocenters. The average Bonchev–Trinajstić information content (AvgIpc) is 2.71. The van der Waals surface area contributed by atoms with E-state index in [0.717, 1.165) is 0 Å². The Morgan fingerprint density at radius 1 is 1.68 bits per heavy atom. The fourth-order valence-corrected chi connectivity index (χ4v) is 2.20. The highest BCUT2D eigenvalue weighted by Gasteiger charge is 2.36. The minimum atomic E-state index is -0.669. The molecule has 0 bridgehead atoms. The molecule has 1 aliphatic rings. The van der Waals surface area contributed by atoms with E-state index in [2.05, 4.69) is 15.0 Å². The summed E-state index contributed by atoms with van der Waals surface area (Å²) in [6.45, 7) is 1.30. The first-order chi connectivity index (χ1) is 9.06. The Kier molecular flexibility index (Phi) is 3.70. The number of azide groups is 1. The molecule has 1 aliphatic heterocycles. The zero-order valence-corrected chi connectivity index (χ0v) is 10.2. The van der Waals surface area contributed by atoms with Crippen LogP contribution in [0.3, 0.4) is 0 Å². The van der Waals surface area contributed by atoms with Crippen LogP contribution in [0.15, 0.2) is 20.8 Å². The molecule has 1 saturated heterocycles. The zero-order valence-electron chi connectivity index (χ0n) is 10.2. The van der Waals surface area contributed by atoms with Crippen LogP contribution in [0, 0.1) is 6.92 Å². The van der Waals surface area contributed by atoms with Gasteiger partial charge < -0.3 is 9.84 Å². The van der Waals surface area contributed by atoms with Crippen LogP contribution in [0.25, 0.3) is 10.4 Å². The number of aryl methyl sites for hydroxylation is 1. The maximum atomic E-state index is 11.8. The fraction of sp³-hybridized carbons (Fsp3) is 0.600. The molecule has 0 saturated carbocycles. The summed E-state index contributed by atoms with van der Waals surface area (Å²) in [5, 5.41) is 12.7. The van der Waals surface area contributed by atoms with Crippen LogP contribution in [-0.2, 0) is 4.74 Å². The number of aromatic amines is 1. The largest absolute Gasteiger partial charge is 0.394 e. The van der Waals surface area contributed by atoms with Gasteiger partial charge in [-0.05, 0) is 12.5 Å². The summed E-state index contributed by atoms with van der Waals surface area (Å²) in [6.07, 6.45) is -1.06. The Bertz CT molecular complexity index is 630. The molecule has 0 aliphatic carbocycles. The van der Waals surface area contributed by atoms with Crippen LogP contribution in [0.4, 0.5) is 0 Å². The van der Waals surface area contributed by atoms with E-state index in [4.69, 9.17) is 15.4 Å². The summed E-state index contributed by atoms with van der Waals surface area (Å²) in [7, 11) is 0. The second-order valence-electron chi connectivity index (χ2n) is 4.27. The molecule has 1 aromatic rings. The predicted octanol–water partition coefficient (Wildman–Crippen LogP) is -0.196. The molecule has 2 heterocycles. The number of rotatable bonds is 3. The fourth-order valence-electron chi connectivity index (χ4n) is 2.20. The number of nitrogens with one attached hydrogen (secondary N) is 1. The molecule has 102 valence electrons. The second-order valence-corrected chi connectivity index (χ2v) is 4.27. The van der Waals surface area contributed by atoms with Gasteiger partial charge in [0, 0.05) is 23.1 Å². The van der Waals surface area contributed by atoms with Gasteiger partial charge in [0.2, 0.25) is 0 Å². The molecule has 0 aromatic carbocycles. The van der Waals surface area contributed by atoms with Gasteiger partial charge in [-0.2, -0.15) is 0 Å². The number of aliphatic hydroxyl groups excluding tert-OH is 1. The summed E-state index contributed by atoms with van der Waals surface area (Å²) in [5.41, 5.74) is 7.82. The molecule has 2 rings (SSSR count). The second kappa shape index (κ2) is 5.27. The van der Waals surface area contributed by atoms with Gasteiger partial charge in [-0.3, -0.25) is 14.3 Å². The van der Waals surface area contributed by atoms with Gasteiger partial charge in [-0.25, -0.2) is 4.79 Å². The lowest BCUT2D eigenvalue weighted by Crippen LogP contribution is -2.34. The van der Waals surface area contributed by atoms with E-state index in [1.165, 1.54) is 10.6 Å². The summed E-state index contributed by atoms with van der Waals surface area (Å²) < 4.78 is 6.76. The third-order valence-electron chi connectivity index (χ3n) is 3.04. The number of aromatic nitrogens is 2. The lowest BCUT2D eigenvalue weighted by molar-refractivity contribution is -0.0279. The van der Waals surface area contributed by atoms with Gasteiger partial charge in [-0.15, -0.1) is 0 Å². The number of ether oxygens (including phenoxy) is 1. The summed E-state index contributed by atoms with van der Waals surface area (Å²) in [6, 6.07) is 0.734. The van der Waals surface area contributed by atoms with Crippen molar-refractivity contribution in [1.29, 1.82) is 0 Å². The van der Waals surface area contributed by atoms with E-state index in [1.54, 1.807) is 6.92 Å². The van der Waals surface area contributed by atoms with Crippen molar-refractivity contribution >= 4 is 0 Å². The van der Waals surface area contributed by atoms with Crippen molar-refractivity contribution in [3.05, 3.63) is 43.0 Å². The van der Waals surface area contributed by atoms with Gasteiger partial charge in [0.15, 0.2) is 0 Å². The van der Waals surface area contributed by atoms with Gasteiger partial charge >= 0.3 is 5.69 Å². The van der Waals surface area contributed by atoms with Crippen molar-refractivity contribution in [2.75, 3.05) is 6.61 Å². The van der Waals surface area contributed by atoms with Gasteiger partial charge in [-0.1, -0.05) is 5.11 Å². The van der Waals surface area contributed by atoms with Crippen molar-refractivity contribution in [2.45, 2.75) is 31.7 Å². The van der Waals surface area contributed by atoms with E-state index in [0.29, 0.717) is 5.69 Å². The van der Waals surface area contributed by atoms with Crippen LogP contribution < -0.4 is 11.2 Å². The van der Waals surface area contributed by atoms with Crippen LogP contribution in [-0.4, -0.2) is 33.4 Å². The highest BCUT2D eigenvalue weighted by molar-refractivity contribution is 5.01. The Morgan fingerprint density at radius 2 is 2.42 bits per heavy atom. The van der Waals surface area contributed by atoms with E-state index in [1.807, 2.05) is 0 Å². The molecule has 2 N–H and O–H groups in total. The molecule has 9 heteroatoms. The molecule has 19 heavy (non-hydrogen) atoms. The summed E-state index contributed by atoms with van der Waals surface area (Å²) >= 11 is 0. The van der Waals surface area contributed by atoms with Crippen LogP contribution in [0.1, 0.15) is 18.3 Å². The average molecular weight is 267 g/mol. The normalized spacial score (nSPS) is 26.1. The molecular weight excluding hydrogens is 254 g/mol. The number of nitrogens with zero attached hydrogens (tertiary/aromatic N) is 4. The first kappa shape index (κ1) is 13.3.